The van der Waals surface area contributed by atoms with Crippen molar-refractivity contribution >= 4 is 34.7 Å². The van der Waals surface area contributed by atoms with Gasteiger partial charge in [0.15, 0.2) is 11.5 Å². The van der Waals surface area contributed by atoms with Crippen molar-refractivity contribution < 1.29 is 18.0 Å². The van der Waals surface area contributed by atoms with Gasteiger partial charge in [-0.2, -0.15) is 13.2 Å². The Bertz CT molecular complexity index is 1330. The molecule has 0 aliphatic carbocycles. The number of pyridine rings is 1. The van der Waals surface area contributed by atoms with Gasteiger partial charge in [-0.15, -0.1) is 0 Å². The summed E-state index contributed by atoms with van der Waals surface area (Å²) in [5, 5.41) is 6.19. The summed E-state index contributed by atoms with van der Waals surface area (Å²) in [7, 11) is 0. The molecule has 2 heterocycles. The summed E-state index contributed by atoms with van der Waals surface area (Å²) in [5.74, 6) is -0.490. The number of hydrogen-bond acceptors (Lipinski definition) is 5. The lowest BCUT2D eigenvalue weighted by atomic mass is 10.1. The Morgan fingerprint density at radius 1 is 0.941 bits per heavy atom. The van der Waals surface area contributed by atoms with Crippen LogP contribution in [0.25, 0.3) is 11.4 Å². The number of halogens is 4. The highest BCUT2D eigenvalue weighted by atomic mass is 35.5. The van der Waals surface area contributed by atoms with E-state index in [1.54, 1.807) is 49.4 Å². The zero-order valence-electron chi connectivity index (χ0n) is 17.7. The van der Waals surface area contributed by atoms with Crippen LogP contribution in [0, 0.1) is 6.92 Å². The second kappa shape index (κ2) is 9.48. The van der Waals surface area contributed by atoms with Crippen LogP contribution in [0.3, 0.4) is 0 Å². The maximum Gasteiger partial charge on any atom is 0.433 e. The number of alkyl halides is 3. The molecule has 0 radical (unpaired) electrons. The van der Waals surface area contributed by atoms with E-state index in [-0.39, 0.29) is 17.5 Å². The zero-order valence-corrected chi connectivity index (χ0v) is 18.4. The van der Waals surface area contributed by atoms with Crippen LogP contribution in [0.2, 0.25) is 5.02 Å². The highest BCUT2D eigenvalue weighted by Gasteiger charge is 2.34. The van der Waals surface area contributed by atoms with Gasteiger partial charge < -0.3 is 10.6 Å². The topological polar surface area (TPSA) is 79.8 Å². The molecule has 0 atom stereocenters. The Kier molecular flexibility index (Phi) is 6.47. The lowest BCUT2D eigenvalue weighted by Gasteiger charge is -2.15. The standard InChI is InChI=1S/C24H17ClF3N5O/c1-14-2-7-18(30-23(34)16-3-5-17(25)6-4-16)12-19(14)31-21-13-20(24(26,27)28)32-22(33-21)15-8-10-29-11-9-15/h2-13H,1H3,(H,30,34)(H,31,32,33). The second-order valence-corrected chi connectivity index (χ2v) is 7.75. The summed E-state index contributed by atoms with van der Waals surface area (Å²) in [4.78, 5) is 24.3. The summed E-state index contributed by atoms with van der Waals surface area (Å²) < 4.78 is 40.5. The van der Waals surface area contributed by atoms with Crippen molar-refractivity contribution in [3.8, 4) is 11.4 Å². The van der Waals surface area contributed by atoms with E-state index in [1.165, 1.54) is 24.5 Å². The SMILES string of the molecule is Cc1ccc(NC(=O)c2ccc(Cl)cc2)cc1Nc1cc(C(F)(F)F)nc(-c2ccncc2)n1. The first-order valence-electron chi connectivity index (χ1n) is 10.0. The third-order valence-electron chi connectivity index (χ3n) is 4.82. The van der Waals surface area contributed by atoms with Gasteiger partial charge in [-0.3, -0.25) is 9.78 Å². The average molecular weight is 484 g/mol. The van der Waals surface area contributed by atoms with Crippen LogP contribution in [0.1, 0.15) is 21.6 Å². The van der Waals surface area contributed by atoms with E-state index in [4.69, 9.17) is 11.6 Å². The summed E-state index contributed by atoms with van der Waals surface area (Å²) in [6.07, 6.45) is -1.77. The molecule has 34 heavy (non-hydrogen) atoms. The molecule has 4 aromatic rings. The molecule has 0 saturated carbocycles. The first-order valence-corrected chi connectivity index (χ1v) is 10.4. The second-order valence-electron chi connectivity index (χ2n) is 7.31. The fourth-order valence-corrected chi connectivity index (χ4v) is 3.19. The largest absolute Gasteiger partial charge is 0.433 e. The summed E-state index contributed by atoms with van der Waals surface area (Å²) in [6, 6.07) is 15.3. The minimum atomic E-state index is -4.66. The normalized spacial score (nSPS) is 11.2. The van der Waals surface area contributed by atoms with E-state index < -0.39 is 11.9 Å². The molecule has 0 saturated heterocycles. The van der Waals surface area contributed by atoms with E-state index in [2.05, 4.69) is 25.6 Å². The number of nitrogens with zero attached hydrogens (tertiary/aromatic N) is 3. The maximum absolute atomic E-state index is 13.5. The molecule has 172 valence electrons. The van der Waals surface area contributed by atoms with Gasteiger partial charge in [0.1, 0.15) is 5.82 Å². The van der Waals surface area contributed by atoms with E-state index in [0.717, 1.165) is 11.6 Å². The van der Waals surface area contributed by atoms with Crippen LogP contribution in [-0.2, 0) is 6.18 Å². The van der Waals surface area contributed by atoms with Crippen LogP contribution >= 0.6 is 11.6 Å². The fourth-order valence-electron chi connectivity index (χ4n) is 3.06. The molecule has 1 amide bonds. The fraction of sp³-hybridized carbons (Fsp3) is 0.0833. The highest BCUT2D eigenvalue weighted by Crippen LogP contribution is 2.32. The van der Waals surface area contributed by atoms with Crippen LogP contribution in [-0.4, -0.2) is 20.9 Å². The molecule has 2 N–H and O–H groups in total. The molecular formula is C24H17ClF3N5O. The summed E-state index contributed by atoms with van der Waals surface area (Å²) in [5.41, 5.74) is 1.38. The Morgan fingerprint density at radius 2 is 1.65 bits per heavy atom. The van der Waals surface area contributed by atoms with Crippen LogP contribution in [0.15, 0.2) is 73.1 Å². The lowest BCUT2D eigenvalue weighted by Crippen LogP contribution is -2.12. The monoisotopic (exact) mass is 483 g/mol. The van der Waals surface area contributed by atoms with Crippen molar-refractivity contribution in [3.05, 3.63) is 94.9 Å². The number of aryl methyl sites for hydroxylation is 1. The van der Waals surface area contributed by atoms with Crippen LogP contribution < -0.4 is 10.6 Å². The molecule has 0 spiro atoms. The number of amides is 1. The van der Waals surface area contributed by atoms with Gasteiger partial charge in [0.2, 0.25) is 0 Å². The van der Waals surface area contributed by atoms with E-state index in [1.807, 2.05) is 0 Å². The molecule has 0 aliphatic heterocycles. The molecule has 0 unspecified atom stereocenters. The Morgan fingerprint density at radius 3 is 2.32 bits per heavy atom. The molecule has 10 heteroatoms. The Labute approximate surface area is 197 Å². The van der Waals surface area contributed by atoms with Crippen molar-refractivity contribution in [2.75, 3.05) is 10.6 Å². The molecule has 0 bridgehead atoms. The molecule has 6 nitrogen and oxygen atoms in total. The zero-order chi connectivity index (χ0) is 24.3. The minimum Gasteiger partial charge on any atom is -0.340 e. The number of nitrogens with one attached hydrogen (secondary N) is 2. The van der Waals surface area contributed by atoms with Gasteiger partial charge in [0.25, 0.3) is 5.91 Å². The minimum absolute atomic E-state index is 0.0431. The third kappa shape index (κ3) is 5.49. The smallest absolute Gasteiger partial charge is 0.340 e. The molecular weight excluding hydrogens is 467 g/mol. The number of carbonyl (C=O) groups excluding carboxylic acids is 1. The van der Waals surface area contributed by atoms with Gasteiger partial charge >= 0.3 is 6.18 Å². The van der Waals surface area contributed by atoms with Crippen molar-refractivity contribution in [1.82, 2.24) is 15.0 Å². The Balaban J connectivity index is 1.64. The first-order chi connectivity index (χ1) is 16.2. The van der Waals surface area contributed by atoms with Gasteiger partial charge in [-0.25, -0.2) is 9.97 Å². The Hall–Kier alpha value is -3.98. The molecule has 2 aromatic heterocycles. The highest BCUT2D eigenvalue weighted by molar-refractivity contribution is 6.30. The number of benzene rings is 2. The van der Waals surface area contributed by atoms with Crippen molar-refractivity contribution in [3.63, 3.8) is 0 Å². The number of hydrogen-bond donors (Lipinski definition) is 2. The number of carbonyl (C=O) groups is 1. The van der Waals surface area contributed by atoms with Gasteiger partial charge in [-0.1, -0.05) is 17.7 Å². The maximum atomic E-state index is 13.5. The number of rotatable bonds is 5. The average Bonchev–Trinajstić information content (AvgIpc) is 2.81. The van der Waals surface area contributed by atoms with Crippen molar-refractivity contribution in [2.24, 2.45) is 0 Å². The molecule has 0 aliphatic rings. The number of anilines is 3. The van der Waals surface area contributed by atoms with Crippen molar-refractivity contribution in [2.45, 2.75) is 13.1 Å². The van der Waals surface area contributed by atoms with E-state index >= 15 is 0 Å². The van der Waals surface area contributed by atoms with Crippen LogP contribution in [0.5, 0.6) is 0 Å². The summed E-state index contributed by atoms with van der Waals surface area (Å²) >= 11 is 5.86. The van der Waals surface area contributed by atoms with Crippen molar-refractivity contribution in [1.29, 1.82) is 0 Å². The third-order valence-corrected chi connectivity index (χ3v) is 5.07. The van der Waals surface area contributed by atoms with Gasteiger partial charge in [0.05, 0.1) is 0 Å². The molecule has 0 fully saturated rings. The van der Waals surface area contributed by atoms with Gasteiger partial charge in [-0.05, 0) is 61.0 Å². The van der Waals surface area contributed by atoms with Gasteiger partial charge in [0, 0.05) is 46.0 Å². The quantitative estimate of drug-likeness (QED) is 0.338. The lowest BCUT2D eigenvalue weighted by molar-refractivity contribution is -0.141. The number of aromatic nitrogens is 3. The summed E-state index contributed by atoms with van der Waals surface area (Å²) in [6.45, 7) is 1.78. The van der Waals surface area contributed by atoms with E-state index in [0.29, 0.717) is 27.5 Å². The van der Waals surface area contributed by atoms with E-state index in [9.17, 15) is 18.0 Å². The van der Waals surface area contributed by atoms with Crippen LogP contribution in [0.4, 0.5) is 30.4 Å². The predicted octanol–water partition coefficient (Wildman–Crippen LogP) is 6.52. The first kappa shape index (κ1) is 23.2. The predicted molar refractivity (Wildman–Crippen MR) is 124 cm³/mol. The molecule has 2 aromatic carbocycles. The molecule has 4 rings (SSSR count).